The lowest BCUT2D eigenvalue weighted by Crippen LogP contribution is -2.36. The molecule has 1 fully saturated rings. The first-order chi connectivity index (χ1) is 8.42. The zero-order valence-electron chi connectivity index (χ0n) is 11.2. The van der Waals surface area contributed by atoms with Crippen molar-refractivity contribution in [1.29, 1.82) is 0 Å². The molecule has 0 unspecified atom stereocenters. The van der Waals surface area contributed by atoms with E-state index < -0.39 is 10.0 Å². The lowest BCUT2D eigenvalue weighted by Gasteiger charge is -2.22. The molecule has 0 aliphatic heterocycles. The minimum absolute atomic E-state index is 0.0859. The Kier molecular flexibility index (Phi) is 3.77. The van der Waals surface area contributed by atoms with E-state index in [9.17, 15) is 8.42 Å². The summed E-state index contributed by atoms with van der Waals surface area (Å²) in [6.45, 7) is 3.53. The fourth-order valence-corrected chi connectivity index (χ4v) is 4.39. The van der Waals surface area contributed by atoms with E-state index in [0.717, 1.165) is 25.7 Å². The van der Waals surface area contributed by atoms with Crippen molar-refractivity contribution in [3.63, 3.8) is 0 Å². The van der Waals surface area contributed by atoms with Crippen LogP contribution in [0.5, 0.6) is 0 Å². The van der Waals surface area contributed by atoms with Gasteiger partial charge in [-0.15, -0.1) is 0 Å². The van der Waals surface area contributed by atoms with Gasteiger partial charge in [0.15, 0.2) is 0 Å². The minimum atomic E-state index is -3.43. The van der Waals surface area contributed by atoms with Crippen LogP contribution in [0.3, 0.4) is 0 Å². The molecule has 1 saturated carbocycles. The topological polar surface area (TPSA) is 64.0 Å². The lowest BCUT2D eigenvalue weighted by atomic mass is 9.96. The molecule has 0 bridgehead atoms. The van der Waals surface area contributed by atoms with Gasteiger partial charge in [-0.25, -0.2) is 13.1 Å². The molecule has 1 heterocycles. The largest absolute Gasteiger partial charge is 0.271 e. The van der Waals surface area contributed by atoms with E-state index >= 15 is 0 Å². The third kappa shape index (κ3) is 2.59. The van der Waals surface area contributed by atoms with Crippen molar-refractivity contribution in [2.45, 2.75) is 56.9 Å². The Bertz CT molecular complexity index is 528. The summed E-state index contributed by atoms with van der Waals surface area (Å²) in [5, 5.41) is 4.17. The highest BCUT2D eigenvalue weighted by molar-refractivity contribution is 7.89. The Morgan fingerprint density at radius 3 is 2.33 bits per heavy atom. The number of aryl methyl sites for hydroxylation is 2. The van der Waals surface area contributed by atoms with Gasteiger partial charge in [0.1, 0.15) is 4.90 Å². The molecule has 102 valence electrons. The number of hydrogen-bond donors (Lipinski definition) is 1. The summed E-state index contributed by atoms with van der Waals surface area (Å²) in [6.07, 6.45) is 5.31. The molecule has 1 aromatic rings. The monoisotopic (exact) mass is 271 g/mol. The molecule has 1 aliphatic rings. The van der Waals surface area contributed by atoms with Gasteiger partial charge in [-0.05, 0) is 26.7 Å². The first-order valence-electron chi connectivity index (χ1n) is 6.44. The van der Waals surface area contributed by atoms with Crippen LogP contribution in [0.4, 0.5) is 0 Å². The molecule has 0 saturated heterocycles. The van der Waals surface area contributed by atoms with Crippen LogP contribution in [-0.4, -0.2) is 24.2 Å². The second-order valence-electron chi connectivity index (χ2n) is 5.08. The molecule has 0 aromatic carbocycles. The molecule has 5 nitrogen and oxygen atoms in total. The third-order valence-electron chi connectivity index (χ3n) is 3.64. The Labute approximate surface area is 109 Å². The maximum Gasteiger partial charge on any atom is 0.244 e. The minimum Gasteiger partial charge on any atom is -0.271 e. The van der Waals surface area contributed by atoms with Gasteiger partial charge in [-0.1, -0.05) is 19.3 Å². The average molecular weight is 271 g/mol. The van der Waals surface area contributed by atoms with Crippen LogP contribution in [0, 0.1) is 13.8 Å². The first-order valence-corrected chi connectivity index (χ1v) is 7.92. The zero-order chi connectivity index (χ0) is 13.3. The van der Waals surface area contributed by atoms with Gasteiger partial charge in [0.2, 0.25) is 10.0 Å². The van der Waals surface area contributed by atoms with Crippen LogP contribution in [0.2, 0.25) is 0 Å². The molecule has 0 atom stereocenters. The molecule has 0 spiro atoms. The summed E-state index contributed by atoms with van der Waals surface area (Å²) in [5.41, 5.74) is 1.26. The van der Waals surface area contributed by atoms with Crippen LogP contribution >= 0.6 is 0 Å². The van der Waals surface area contributed by atoms with Crippen LogP contribution in [0.25, 0.3) is 0 Å². The molecule has 1 N–H and O–H groups in total. The van der Waals surface area contributed by atoms with Crippen LogP contribution in [0.1, 0.15) is 43.5 Å². The van der Waals surface area contributed by atoms with Crippen molar-refractivity contribution in [3.8, 4) is 0 Å². The van der Waals surface area contributed by atoms with Gasteiger partial charge in [-0.3, -0.25) is 4.68 Å². The number of sulfonamides is 1. The maximum atomic E-state index is 12.4. The number of nitrogens with one attached hydrogen (secondary N) is 1. The molecule has 2 rings (SSSR count). The number of aromatic nitrogens is 2. The molecular formula is C12H21N3O2S. The van der Waals surface area contributed by atoms with E-state index in [0.29, 0.717) is 16.3 Å². The van der Waals surface area contributed by atoms with Crippen LogP contribution in [0.15, 0.2) is 4.90 Å². The summed E-state index contributed by atoms with van der Waals surface area (Å²) < 4.78 is 29.2. The van der Waals surface area contributed by atoms with Crippen LogP contribution in [-0.2, 0) is 17.1 Å². The van der Waals surface area contributed by atoms with Gasteiger partial charge in [0.05, 0.1) is 11.4 Å². The van der Waals surface area contributed by atoms with Crippen molar-refractivity contribution in [2.24, 2.45) is 7.05 Å². The van der Waals surface area contributed by atoms with Crippen LogP contribution < -0.4 is 4.72 Å². The normalized spacial score (nSPS) is 18.2. The summed E-state index contributed by atoms with van der Waals surface area (Å²) in [4.78, 5) is 0.343. The molecule has 6 heteroatoms. The number of rotatable bonds is 3. The van der Waals surface area contributed by atoms with Gasteiger partial charge >= 0.3 is 0 Å². The van der Waals surface area contributed by atoms with E-state index in [4.69, 9.17) is 0 Å². The highest BCUT2D eigenvalue weighted by Crippen LogP contribution is 2.22. The zero-order valence-corrected chi connectivity index (χ0v) is 12.0. The van der Waals surface area contributed by atoms with Crippen molar-refractivity contribution in [1.82, 2.24) is 14.5 Å². The molecule has 1 aliphatic carbocycles. The van der Waals surface area contributed by atoms with E-state index in [-0.39, 0.29) is 6.04 Å². The summed E-state index contributed by atoms with van der Waals surface area (Å²) in [5.74, 6) is 0. The summed E-state index contributed by atoms with van der Waals surface area (Å²) in [7, 11) is -1.67. The Balaban J connectivity index is 2.24. The van der Waals surface area contributed by atoms with E-state index in [2.05, 4.69) is 9.82 Å². The standard InChI is InChI=1S/C12H21N3O2S/c1-9-12(10(2)15(3)13-9)18(16,17)14-11-7-5-4-6-8-11/h11,14H,4-8H2,1-3H3. The first kappa shape index (κ1) is 13.5. The fraction of sp³-hybridized carbons (Fsp3) is 0.750. The second kappa shape index (κ2) is 5.01. The van der Waals surface area contributed by atoms with Gasteiger partial charge < -0.3 is 0 Å². The Hall–Kier alpha value is -0.880. The molecular weight excluding hydrogens is 250 g/mol. The van der Waals surface area contributed by atoms with Gasteiger partial charge in [0.25, 0.3) is 0 Å². The van der Waals surface area contributed by atoms with Crippen molar-refractivity contribution < 1.29 is 8.42 Å². The van der Waals surface area contributed by atoms with E-state index in [1.807, 2.05) is 0 Å². The number of hydrogen-bond acceptors (Lipinski definition) is 3. The van der Waals surface area contributed by atoms with E-state index in [1.54, 1.807) is 25.6 Å². The predicted molar refractivity (Wildman–Crippen MR) is 69.9 cm³/mol. The highest BCUT2D eigenvalue weighted by Gasteiger charge is 2.27. The molecule has 1 aromatic heterocycles. The highest BCUT2D eigenvalue weighted by atomic mass is 32.2. The number of nitrogens with zero attached hydrogens (tertiary/aromatic N) is 2. The van der Waals surface area contributed by atoms with Crippen molar-refractivity contribution >= 4 is 10.0 Å². The Morgan fingerprint density at radius 2 is 1.83 bits per heavy atom. The van der Waals surface area contributed by atoms with E-state index in [1.165, 1.54) is 6.42 Å². The molecule has 0 radical (unpaired) electrons. The quantitative estimate of drug-likeness (QED) is 0.909. The second-order valence-corrected chi connectivity index (χ2v) is 6.73. The summed E-state index contributed by atoms with van der Waals surface area (Å²) in [6, 6.07) is 0.0859. The molecule has 18 heavy (non-hydrogen) atoms. The molecule has 0 amide bonds. The van der Waals surface area contributed by atoms with Crippen molar-refractivity contribution in [2.75, 3.05) is 0 Å². The predicted octanol–water partition coefficient (Wildman–Crippen LogP) is 1.65. The fourth-order valence-electron chi connectivity index (χ4n) is 2.64. The maximum absolute atomic E-state index is 12.4. The summed E-state index contributed by atoms with van der Waals surface area (Å²) >= 11 is 0. The van der Waals surface area contributed by atoms with Gasteiger partial charge in [-0.2, -0.15) is 5.10 Å². The smallest absolute Gasteiger partial charge is 0.244 e. The Morgan fingerprint density at radius 1 is 1.22 bits per heavy atom. The lowest BCUT2D eigenvalue weighted by molar-refractivity contribution is 0.412. The van der Waals surface area contributed by atoms with Crippen molar-refractivity contribution in [3.05, 3.63) is 11.4 Å². The SMILES string of the molecule is Cc1nn(C)c(C)c1S(=O)(=O)NC1CCCCC1. The van der Waals surface area contributed by atoms with Gasteiger partial charge in [0, 0.05) is 13.1 Å². The third-order valence-corrected chi connectivity index (χ3v) is 5.41. The average Bonchev–Trinajstić information content (AvgIpc) is 2.54.